The number of hydrogen-bond donors (Lipinski definition) is 1. The highest BCUT2D eigenvalue weighted by Gasteiger charge is 2.34. The Labute approximate surface area is 217 Å². The number of allylic oxidation sites excluding steroid dienone is 3. The van der Waals surface area contributed by atoms with Crippen molar-refractivity contribution in [1.82, 2.24) is 5.32 Å². The summed E-state index contributed by atoms with van der Waals surface area (Å²) in [6, 6.07) is 0. The van der Waals surface area contributed by atoms with Gasteiger partial charge >= 0.3 is 5.97 Å². The Bertz CT molecular complexity index is 714. The Hall–Kier alpha value is -0.880. The molecule has 0 fully saturated rings. The van der Waals surface area contributed by atoms with Gasteiger partial charge in [-0.15, -0.1) is 11.8 Å². The lowest BCUT2D eigenvalue weighted by Gasteiger charge is -2.37. The van der Waals surface area contributed by atoms with Crippen molar-refractivity contribution in [3.05, 3.63) is 23.3 Å². The van der Waals surface area contributed by atoms with Crippen molar-refractivity contribution in [3.63, 3.8) is 0 Å². The topological polar surface area (TPSA) is 55.4 Å². The molecule has 0 aromatic carbocycles. The van der Waals surface area contributed by atoms with Crippen molar-refractivity contribution in [2.45, 2.75) is 102 Å². The smallest absolute Gasteiger partial charge is 0.318 e. The van der Waals surface area contributed by atoms with Crippen LogP contribution < -0.4 is 5.32 Å². The fourth-order valence-corrected chi connectivity index (χ4v) is 7.82. The van der Waals surface area contributed by atoms with Gasteiger partial charge in [-0.05, 0) is 70.6 Å². The van der Waals surface area contributed by atoms with Crippen molar-refractivity contribution in [2.24, 2.45) is 17.8 Å². The van der Waals surface area contributed by atoms with Crippen LogP contribution in [0.5, 0.6) is 0 Å². The molecule has 0 aromatic heterocycles. The van der Waals surface area contributed by atoms with Crippen molar-refractivity contribution in [2.75, 3.05) is 19.9 Å². The summed E-state index contributed by atoms with van der Waals surface area (Å²) in [6.45, 7) is 15.5. The van der Waals surface area contributed by atoms with Crippen LogP contribution >= 0.6 is 23.5 Å². The number of hydrogen-bond acceptors (Lipinski definition) is 5. The number of ether oxygens (including phenoxy) is 1. The lowest BCUT2D eigenvalue weighted by molar-refractivity contribution is -0.139. The van der Waals surface area contributed by atoms with Crippen molar-refractivity contribution in [3.8, 4) is 0 Å². The first-order valence-corrected chi connectivity index (χ1v) is 14.7. The van der Waals surface area contributed by atoms with Crippen LogP contribution in [0, 0.1) is 17.8 Å². The summed E-state index contributed by atoms with van der Waals surface area (Å²) in [7, 11) is 3.16. The second-order valence-electron chi connectivity index (χ2n) is 10.6. The van der Waals surface area contributed by atoms with Crippen LogP contribution in [0.15, 0.2) is 23.3 Å². The van der Waals surface area contributed by atoms with E-state index in [4.69, 9.17) is 4.74 Å². The van der Waals surface area contributed by atoms with E-state index in [9.17, 15) is 9.59 Å². The van der Waals surface area contributed by atoms with Crippen LogP contribution in [0.25, 0.3) is 0 Å². The van der Waals surface area contributed by atoms with E-state index in [-0.39, 0.29) is 21.9 Å². The molecule has 0 aliphatic heterocycles. The number of methoxy groups -OCH3 is 1. The van der Waals surface area contributed by atoms with Crippen molar-refractivity contribution in [1.29, 1.82) is 0 Å². The van der Waals surface area contributed by atoms with E-state index in [0.29, 0.717) is 17.6 Å². The van der Waals surface area contributed by atoms with E-state index < -0.39 is 0 Å². The molecule has 0 bridgehead atoms. The summed E-state index contributed by atoms with van der Waals surface area (Å²) in [5, 5.41) is 3.20. The Morgan fingerprint density at radius 1 is 1.15 bits per heavy atom. The van der Waals surface area contributed by atoms with Gasteiger partial charge in [0.1, 0.15) is 5.25 Å². The zero-order chi connectivity index (χ0) is 25.9. The zero-order valence-corrected chi connectivity index (χ0v) is 24.7. The van der Waals surface area contributed by atoms with Crippen LogP contribution in [0.2, 0.25) is 0 Å². The van der Waals surface area contributed by atoms with E-state index in [1.54, 1.807) is 18.8 Å². The van der Waals surface area contributed by atoms with E-state index in [0.717, 1.165) is 24.0 Å². The molecule has 2 rings (SSSR count). The summed E-state index contributed by atoms with van der Waals surface area (Å²) < 4.78 is 4.92. The number of carbonyl (C=O) groups excluding carboxylic acids is 2. The molecule has 0 saturated heterocycles. The molecule has 1 N–H and O–H groups in total. The van der Waals surface area contributed by atoms with E-state index >= 15 is 0 Å². The second-order valence-corrected chi connectivity index (χ2v) is 13.9. The van der Waals surface area contributed by atoms with Crippen LogP contribution in [0.4, 0.5) is 0 Å². The zero-order valence-electron chi connectivity index (χ0n) is 23.0. The maximum Gasteiger partial charge on any atom is 0.318 e. The lowest BCUT2D eigenvalue weighted by atomic mass is 9.82. The molecule has 0 aromatic rings. The predicted molar refractivity (Wildman–Crippen MR) is 150 cm³/mol. The molecular formula is C28H49NO3S2. The molecule has 2 aliphatic rings. The molecule has 4 unspecified atom stereocenters. The summed E-state index contributed by atoms with van der Waals surface area (Å²) >= 11 is 3.68. The minimum absolute atomic E-state index is 0.0815. The number of esters is 1. The average molecular weight is 512 g/mol. The number of thioether (sulfide) groups is 2. The SMILES string of the molecule is CNC(=O)CCSC1C=C(C)CCC1C(C)C.COC(=O)C(C)SC(C)(C)C1CC=C(C)CC1. The van der Waals surface area contributed by atoms with Crippen LogP contribution in [0.3, 0.4) is 0 Å². The van der Waals surface area contributed by atoms with Crippen LogP contribution in [0.1, 0.15) is 87.0 Å². The third-order valence-electron chi connectivity index (χ3n) is 7.15. The maximum absolute atomic E-state index is 11.5. The average Bonchev–Trinajstić information content (AvgIpc) is 2.78. The van der Waals surface area contributed by atoms with E-state index in [2.05, 4.69) is 59.0 Å². The lowest BCUT2D eigenvalue weighted by Crippen LogP contribution is -2.33. The Balaban J connectivity index is 0.000000340. The highest BCUT2D eigenvalue weighted by atomic mass is 32.2. The quantitative estimate of drug-likeness (QED) is 0.266. The molecule has 2 aliphatic carbocycles. The Morgan fingerprint density at radius 3 is 2.32 bits per heavy atom. The largest absolute Gasteiger partial charge is 0.468 e. The molecule has 34 heavy (non-hydrogen) atoms. The fraction of sp³-hybridized carbons (Fsp3) is 0.786. The number of nitrogens with one attached hydrogen (secondary N) is 1. The standard InChI is InChI=1S/C14H25NOS.C14H24O2S/c1-10(2)12-6-5-11(3)9-13(12)17-8-7-14(16)15-4;1-10-6-8-12(9-7-10)14(3,4)17-11(2)13(15)16-5/h9-10,12-13H,5-8H2,1-4H3,(H,15,16);6,11-12H,7-9H2,1-5H3. The first kappa shape index (κ1) is 31.2. The normalized spacial score (nSPS) is 23.8. The van der Waals surface area contributed by atoms with Gasteiger partial charge in [-0.2, -0.15) is 11.8 Å². The van der Waals surface area contributed by atoms with Gasteiger partial charge in [-0.3, -0.25) is 9.59 Å². The molecule has 6 heteroatoms. The minimum Gasteiger partial charge on any atom is -0.468 e. The summed E-state index contributed by atoms with van der Waals surface area (Å²) in [5.41, 5.74) is 3.02. The Morgan fingerprint density at radius 2 is 1.79 bits per heavy atom. The third-order valence-corrected chi connectivity index (χ3v) is 9.95. The van der Waals surface area contributed by atoms with Crippen LogP contribution in [-0.4, -0.2) is 47.0 Å². The third kappa shape index (κ3) is 10.8. The monoisotopic (exact) mass is 511 g/mol. The molecule has 196 valence electrons. The van der Waals surface area contributed by atoms with Gasteiger partial charge < -0.3 is 10.1 Å². The molecule has 0 radical (unpaired) electrons. The van der Waals surface area contributed by atoms with Gasteiger partial charge in [0.2, 0.25) is 5.91 Å². The number of amides is 1. The van der Waals surface area contributed by atoms with Gasteiger partial charge in [0, 0.05) is 29.2 Å². The number of rotatable bonds is 9. The van der Waals surface area contributed by atoms with Gasteiger partial charge in [0.15, 0.2) is 0 Å². The molecule has 1 amide bonds. The van der Waals surface area contributed by atoms with E-state index in [1.165, 1.54) is 43.9 Å². The Kier molecular flexibility index (Phi) is 14.0. The molecular weight excluding hydrogens is 462 g/mol. The minimum atomic E-state index is -0.120. The maximum atomic E-state index is 11.5. The predicted octanol–water partition coefficient (Wildman–Crippen LogP) is 7.04. The summed E-state index contributed by atoms with van der Waals surface area (Å²) in [5.74, 6) is 3.12. The van der Waals surface area contributed by atoms with Gasteiger partial charge in [0.05, 0.1) is 7.11 Å². The second kappa shape index (κ2) is 15.3. The van der Waals surface area contributed by atoms with E-state index in [1.807, 2.05) is 18.7 Å². The molecule has 4 nitrogen and oxygen atoms in total. The highest BCUT2D eigenvalue weighted by molar-refractivity contribution is 8.01. The first-order valence-electron chi connectivity index (χ1n) is 12.8. The van der Waals surface area contributed by atoms with Gasteiger partial charge in [-0.25, -0.2) is 0 Å². The first-order chi connectivity index (χ1) is 15.9. The van der Waals surface area contributed by atoms with Gasteiger partial charge in [0.25, 0.3) is 0 Å². The summed E-state index contributed by atoms with van der Waals surface area (Å²) in [6.07, 6.45) is 11.5. The van der Waals surface area contributed by atoms with Crippen molar-refractivity contribution < 1.29 is 14.3 Å². The summed E-state index contributed by atoms with van der Waals surface area (Å²) in [4.78, 5) is 22.7. The van der Waals surface area contributed by atoms with Crippen molar-refractivity contribution >= 4 is 35.4 Å². The van der Waals surface area contributed by atoms with Crippen LogP contribution in [-0.2, 0) is 14.3 Å². The van der Waals surface area contributed by atoms with Gasteiger partial charge in [-0.1, -0.05) is 51.0 Å². The fourth-order valence-electron chi connectivity index (χ4n) is 4.71. The highest BCUT2D eigenvalue weighted by Crippen LogP contribution is 2.42. The number of carbonyl (C=O) groups is 2. The molecule has 4 atom stereocenters. The molecule has 0 spiro atoms. The molecule has 0 heterocycles. The molecule has 0 saturated carbocycles.